The highest BCUT2D eigenvalue weighted by atomic mass is 14.7. The Morgan fingerprint density at radius 3 is 1.76 bits per heavy atom. The number of hydrogen-bond donors (Lipinski definition) is 1. The minimum atomic E-state index is 0.358. The number of rotatable bonds is 8. The maximum atomic E-state index is 6.37. The Labute approximate surface area is 110 Å². The second-order valence-corrected chi connectivity index (χ2v) is 6.97. The van der Waals surface area contributed by atoms with Crippen LogP contribution < -0.4 is 5.73 Å². The number of nitrogens with two attached hydrogens (primary N) is 1. The summed E-state index contributed by atoms with van der Waals surface area (Å²) in [5.41, 5.74) is 6.37. The Kier molecular flexibility index (Phi) is 8.11. The molecule has 0 saturated carbocycles. The maximum absolute atomic E-state index is 6.37. The largest absolute Gasteiger partial charge is 0.327 e. The quantitative estimate of drug-likeness (QED) is 0.654. The van der Waals surface area contributed by atoms with E-state index in [1.807, 2.05) is 0 Å². The normalized spacial score (nSPS) is 19.4. The first kappa shape index (κ1) is 17.0. The van der Waals surface area contributed by atoms with Crippen LogP contribution in [0.5, 0.6) is 0 Å². The average Bonchev–Trinajstić information content (AvgIpc) is 2.23. The van der Waals surface area contributed by atoms with Gasteiger partial charge in [0.15, 0.2) is 0 Å². The van der Waals surface area contributed by atoms with E-state index in [4.69, 9.17) is 5.73 Å². The molecule has 0 radical (unpaired) electrons. The van der Waals surface area contributed by atoms with Crippen molar-refractivity contribution < 1.29 is 0 Å². The molecule has 17 heavy (non-hydrogen) atoms. The van der Waals surface area contributed by atoms with Gasteiger partial charge in [0.2, 0.25) is 0 Å². The van der Waals surface area contributed by atoms with Gasteiger partial charge in [-0.2, -0.15) is 0 Å². The Bertz CT molecular complexity index is 186. The van der Waals surface area contributed by atoms with Gasteiger partial charge in [-0.05, 0) is 36.0 Å². The molecule has 0 rings (SSSR count). The van der Waals surface area contributed by atoms with Gasteiger partial charge in [-0.15, -0.1) is 0 Å². The van der Waals surface area contributed by atoms with Gasteiger partial charge in [0, 0.05) is 6.04 Å². The van der Waals surface area contributed by atoms with Gasteiger partial charge in [-0.1, -0.05) is 61.3 Å². The lowest BCUT2D eigenvalue weighted by atomic mass is 9.79. The Hall–Kier alpha value is -0.0400. The molecule has 0 aromatic rings. The lowest BCUT2D eigenvalue weighted by Crippen LogP contribution is -2.38. The second kappa shape index (κ2) is 8.13. The first-order valence-electron chi connectivity index (χ1n) is 7.51. The van der Waals surface area contributed by atoms with Gasteiger partial charge >= 0.3 is 0 Å². The molecule has 1 nitrogen and oxygen atoms in total. The summed E-state index contributed by atoms with van der Waals surface area (Å²) >= 11 is 0. The van der Waals surface area contributed by atoms with Crippen molar-refractivity contribution in [2.24, 2.45) is 35.3 Å². The summed E-state index contributed by atoms with van der Waals surface area (Å²) < 4.78 is 0. The van der Waals surface area contributed by atoms with Crippen molar-refractivity contribution in [3.05, 3.63) is 0 Å². The molecule has 2 N–H and O–H groups in total. The van der Waals surface area contributed by atoms with E-state index in [0.29, 0.717) is 23.8 Å². The Morgan fingerprint density at radius 1 is 0.824 bits per heavy atom. The van der Waals surface area contributed by atoms with E-state index in [2.05, 4.69) is 48.5 Å². The molecule has 0 amide bonds. The first-order valence-corrected chi connectivity index (χ1v) is 7.51. The van der Waals surface area contributed by atoms with Crippen LogP contribution in [0.4, 0.5) is 0 Å². The first-order chi connectivity index (χ1) is 7.75. The molecule has 0 bridgehead atoms. The molecule has 0 aliphatic heterocycles. The zero-order valence-corrected chi connectivity index (χ0v) is 13.2. The standard InChI is InChI=1S/C16H35N/c1-11(2)8-9-13(5)10-14(6)16(17)15(7)12(3)4/h11-16H,8-10,17H2,1-7H3. The smallest absolute Gasteiger partial charge is 0.00929 e. The molecule has 4 unspecified atom stereocenters. The van der Waals surface area contributed by atoms with Crippen molar-refractivity contribution in [1.82, 2.24) is 0 Å². The lowest BCUT2D eigenvalue weighted by Gasteiger charge is -2.30. The average molecular weight is 241 g/mol. The predicted octanol–water partition coefficient (Wildman–Crippen LogP) is 4.70. The van der Waals surface area contributed by atoms with Crippen molar-refractivity contribution in [2.45, 2.75) is 73.8 Å². The van der Waals surface area contributed by atoms with Crippen molar-refractivity contribution in [3.8, 4) is 0 Å². The van der Waals surface area contributed by atoms with Crippen LogP contribution in [-0.4, -0.2) is 6.04 Å². The zero-order valence-electron chi connectivity index (χ0n) is 13.2. The monoisotopic (exact) mass is 241 g/mol. The summed E-state index contributed by atoms with van der Waals surface area (Å²) in [6.07, 6.45) is 3.98. The van der Waals surface area contributed by atoms with Crippen molar-refractivity contribution in [1.29, 1.82) is 0 Å². The fourth-order valence-electron chi connectivity index (χ4n) is 2.49. The molecular weight excluding hydrogens is 206 g/mol. The van der Waals surface area contributed by atoms with E-state index >= 15 is 0 Å². The van der Waals surface area contributed by atoms with Gasteiger partial charge in [-0.3, -0.25) is 0 Å². The SMILES string of the molecule is CC(C)CCC(C)CC(C)C(N)C(C)C(C)C. The third-order valence-electron chi connectivity index (χ3n) is 4.33. The molecule has 0 heterocycles. The van der Waals surface area contributed by atoms with Crippen LogP contribution in [0.15, 0.2) is 0 Å². The second-order valence-electron chi connectivity index (χ2n) is 6.97. The summed E-state index contributed by atoms with van der Waals surface area (Å²) in [6.45, 7) is 16.2. The summed E-state index contributed by atoms with van der Waals surface area (Å²) in [4.78, 5) is 0. The number of hydrogen-bond acceptors (Lipinski definition) is 1. The van der Waals surface area contributed by atoms with Crippen LogP contribution in [0.1, 0.15) is 67.7 Å². The highest BCUT2D eigenvalue weighted by molar-refractivity contribution is 4.78. The van der Waals surface area contributed by atoms with Crippen LogP contribution in [0, 0.1) is 29.6 Å². The molecule has 1 heteroatoms. The molecule has 0 fully saturated rings. The fourth-order valence-corrected chi connectivity index (χ4v) is 2.49. The molecular formula is C16H35N. The molecule has 0 saturated heterocycles. The maximum Gasteiger partial charge on any atom is 0.00929 e. The minimum Gasteiger partial charge on any atom is -0.327 e. The highest BCUT2D eigenvalue weighted by Crippen LogP contribution is 2.25. The Balaban J connectivity index is 4.02. The van der Waals surface area contributed by atoms with Gasteiger partial charge < -0.3 is 5.73 Å². The zero-order chi connectivity index (χ0) is 13.6. The summed E-state index contributed by atoms with van der Waals surface area (Å²) in [7, 11) is 0. The van der Waals surface area contributed by atoms with E-state index in [9.17, 15) is 0 Å². The van der Waals surface area contributed by atoms with E-state index in [-0.39, 0.29) is 0 Å². The van der Waals surface area contributed by atoms with Crippen LogP contribution in [0.2, 0.25) is 0 Å². The molecule has 0 spiro atoms. The summed E-state index contributed by atoms with van der Waals surface area (Å²) in [5, 5.41) is 0. The van der Waals surface area contributed by atoms with Gasteiger partial charge in [0.05, 0.1) is 0 Å². The van der Waals surface area contributed by atoms with Gasteiger partial charge in [0.1, 0.15) is 0 Å². The summed E-state index contributed by atoms with van der Waals surface area (Å²) in [6, 6.07) is 0.358. The van der Waals surface area contributed by atoms with Crippen LogP contribution >= 0.6 is 0 Å². The Morgan fingerprint density at radius 2 is 1.35 bits per heavy atom. The fraction of sp³-hybridized carbons (Fsp3) is 1.00. The minimum absolute atomic E-state index is 0.358. The lowest BCUT2D eigenvalue weighted by molar-refractivity contribution is 0.242. The van der Waals surface area contributed by atoms with Crippen LogP contribution in [0.3, 0.4) is 0 Å². The topological polar surface area (TPSA) is 26.0 Å². The van der Waals surface area contributed by atoms with E-state index in [1.54, 1.807) is 0 Å². The molecule has 4 atom stereocenters. The predicted molar refractivity (Wildman–Crippen MR) is 79.0 cm³/mol. The molecule has 0 aromatic heterocycles. The highest BCUT2D eigenvalue weighted by Gasteiger charge is 2.23. The van der Waals surface area contributed by atoms with Gasteiger partial charge in [0.25, 0.3) is 0 Å². The van der Waals surface area contributed by atoms with E-state index in [0.717, 1.165) is 11.8 Å². The van der Waals surface area contributed by atoms with Crippen molar-refractivity contribution in [2.75, 3.05) is 0 Å². The summed E-state index contributed by atoms with van der Waals surface area (Å²) in [5.74, 6) is 3.61. The van der Waals surface area contributed by atoms with E-state index < -0.39 is 0 Å². The van der Waals surface area contributed by atoms with Crippen molar-refractivity contribution >= 4 is 0 Å². The third kappa shape index (κ3) is 7.08. The molecule has 104 valence electrons. The molecule has 0 aliphatic carbocycles. The van der Waals surface area contributed by atoms with E-state index in [1.165, 1.54) is 19.3 Å². The van der Waals surface area contributed by atoms with Crippen molar-refractivity contribution in [3.63, 3.8) is 0 Å². The third-order valence-corrected chi connectivity index (χ3v) is 4.33. The molecule has 0 aliphatic rings. The van der Waals surface area contributed by atoms with Crippen LogP contribution in [-0.2, 0) is 0 Å². The van der Waals surface area contributed by atoms with Gasteiger partial charge in [-0.25, -0.2) is 0 Å². The van der Waals surface area contributed by atoms with Crippen LogP contribution in [0.25, 0.3) is 0 Å². The molecule has 0 aromatic carbocycles.